The van der Waals surface area contributed by atoms with Gasteiger partial charge in [0.2, 0.25) is 11.8 Å². The molecule has 26 heavy (non-hydrogen) atoms. The van der Waals surface area contributed by atoms with Crippen molar-refractivity contribution in [2.75, 3.05) is 6.54 Å². The Balaban J connectivity index is 1.48. The van der Waals surface area contributed by atoms with Crippen LogP contribution in [0.4, 0.5) is 0 Å². The number of thioether (sulfide) groups is 1. The molecule has 1 aliphatic rings. The van der Waals surface area contributed by atoms with Gasteiger partial charge in [-0.25, -0.2) is 4.79 Å². The van der Waals surface area contributed by atoms with Crippen molar-refractivity contribution in [2.24, 2.45) is 0 Å². The molecule has 0 radical (unpaired) electrons. The molecule has 1 fully saturated rings. The van der Waals surface area contributed by atoms with E-state index in [1.54, 1.807) is 11.0 Å². The van der Waals surface area contributed by atoms with Gasteiger partial charge in [-0.3, -0.25) is 4.79 Å². The van der Waals surface area contributed by atoms with Crippen molar-refractivity contribution in [1.82, 2.24) is 15.1 Å². The second kappa shape index (κ2) is 7.24. The highest BCUT2D eigenvalue weighted by molar-refractivity contribution is 9.10. The number of carbonyl (C=O) groups excluding carboxylic acids is 1. The van der Waals surface area contributed by atoms with Crippen LogP contribution in [-0.4, -0.2) is 27.5 Å². The summed E-state index contributed by atoms with van der Waals surface area (Å²) in [6, 6.07) is 7.04. The number of rotatable bonds is 5. The van der Waals surface area contributed by atoms with Gasteiger partial charge >= 0.3 is 5.63 Å². The predicted molar refractivity (Wildman–Crippen MR) is 98.7 cm³/mol. The van der Waals surface area contributed by atoms with E-state index in [-0.39, 0.29) is 5.91 Å². The molecule has 1 aromatic carbocycles. The SMILES string of the molecule is O=C1CCCN1Cc1nnc(SCc2cc(=O)oc3cc(Br)ccc23)o1. The van der Waals surface area contributed by atoms with E-state index in [0.29, 0.717) is 35.4 Å². The Hall–Kier alpha value is -2.13. The van der Waals surface area contributed by atoms with Crippen LogP contribution in [0, 0.1) is 0 Å². The summed E-state index contributed by atoms with van der Waals surface area (Å²) in [7, 11) is 0. The van der Waals surface area contributed by atoms with E-state index in [2.05, 4.69) is 26.1 Å². The molecular formula is C17H14BrN3O4S. The van der Waals surface area contributed by atoms with Gasteiger partial charge in [0.05, 0.1) is 6.54 Å². The van der Waals surface area contributed by atoms with Gasteiger partial charge in [-0.05, 0) is 30.2 Å². The molecule has 3 heterocycles. The largest absolute Gasteiger partial charge is 0.423 e. The third-order valence-corrected chi connectivity index (χ3v) is 5.45. The van der Waals surface area contributed by atoms with E-state index in [4.69, 9.17) is 8.83 Å². The van der Waals surface area contributed by atoms with Gasteiger partial charge < -0.3 is 13.7 Å². The van der Waals surface area contributed by atoms with Gasteiger partial charge in [-0.2, -0.15) is 0 Å². The molecule has 0 bridgehead atoms. The number of carbonyl (C=O) groups is 1. The Bertz CT molecular complexity index is 1030. The maximum absolute atomic E-state index is 11.8. The van der Waals surface area contributed by atoms with Crippen LogP contribution < -0.4 is 5.63 Å². The molecule has 3 aromatic rings. The smallest absolute Gasteiger partial charge is 0.336 e. The number of benzene rings is 1. The Morgan fingerprint density at radius 2 is 2.08 bits per heavy atom. The lowest BCUT2D eigenvalue weighted by Crippen LogP contribution is -2.23. The van der Waals surface area contributed by atoms with Gasteiger partial charge in [0.25, 0.3) is 5.22 Å². The number of hydrogen-bond acceptors (Lipinski definition) is 7. The number of likely N-dealkylation sites (tertiary alicyclic amines) is 1. The number of hydrogen-bond donors (Lipinski definition) is 0. The molecule has 1 saturated heterocycles. The predicted octanol–water partition coefficient (Wildman–Crippen LogP) is 3.35. The van der Waals surface area contributed by atoms with Gasteiger partial charge in [0.15, 0.2) is 0 Å². The highest BCUT2D eigenvalue weighted by Gasteiger charge is 2.22. The number of fused-ring (bicyclic) bond motifs is 1. The van der Waals surface area contributed by atoms with Crippen molar-refractivity contribution in [1.29, 1.82) is 0 Å². The molecule has 1 aliphatic heterocycles. The maximum atomic E-state index is 11.8. The van der Waals surface area contributed by atoms with Crippen LogP contribution in [0.5, 0.6) is 0 Å². The lowest BCUT2D eigenvalue weighted by molar-refractivity contribution is -0.128. The third kappa shape index (κ3) is 3.68. The van der Waals surface area contributed by atoms with Gasteiger partial charge in [-0.1, -0.05) is 27.7 Å². The Morgan fingerprint density at radius 1 is 1.19 bits per heavy atom. The van der Waals surface area contributed by atoms with Crippen molar-refractivity contribution in [3.05, 3.63) is 50.6 Å². The van der Waals surface area contributed by atoms with Crippen LogP contribution in [0.3, 0.4) is 0 Å². The summed E-state index contributed by atoms with van der Waals surface area (Å²) in [5.74, 6) is 1.03. The van der Waals surface area contributed by atoms with E-state index in [9.17, 15) is 9.59 Å². The first kappa shape index (κ1) is 17.3. The molecule has 0 N–H and O–H groups in total. The van der Waals surface area contributed by atoms with E-state index in [1.807, 2.05) is 12.1 Å². The van der Waals surface area contributed by atoms with E-state index >= 15 is 0 Å². The highest BCUT2D eigenvalue weighted by atomic mass is 79.9. The first-order valence-electron chi connectivity index (χ1n) is 8.04. The average molecular weight is 436 g/mol. The minimum absolute atomic E-state index is 0.117. The van der Waals surface area contributed by atoms with Crippen molar-refractivity contribution in [2.45, 2.75) is 30.4 Å². The molecule has 7 nitrogen and oxygen atoms in total. The quantitative estimate of drug-likeness (QED) is 0.448. The summed E-state index contributed by atoms with van der Waals surface area (Å²) in [4.78, 5) is 25.2. The second-order valence-electron chi connectivity index (χ2n) is 5.90. The molecule has 1 amide bonds. The minimum Gasteiger partial charge on any atom is -0.423 e. The van der Waals surface area contributed by atoms with E-state index < -0.39 is 5.63 Å². The molecule has 9 heteroatoms. The lowest BCUT2D eigenvalue weighted by atomic mass is 10.1. The number of nitrogens with zero attached hydrogens (tertiary/aromatic N) is 3. The number of amides is 1. The Morgan fingerprint density at radius 3 is 2.88 bits per heavy atom. The fourth-order valence-electron chi connectivity index (χ4n) is 2.86. The molecule has 4 rings (SSSR count). The summed E-state index contributed by atoms with van der Waals surface area (Å²) < 4.78 is 11.7. The number of halogens is 1. The van der Waals surface area contributed by atoms with Crippen LogP contribution in [0.2, 0.25) is 0 Å². The normalized spacial score (nSPS) is 14.5. The Labute approximate surface area is 160 Å². The summed E-state index contributed by atoms with van der Waals surface area (Å²) in [5, 5.41) is 9.29. The minimum atomic E-state index is -0.398. The zero-order valence-corrected chi connectivity index (χ0v) is 16.0. The first-order valence-corrected chi connectivity index (χ1v) is 9.81. The topological polar surface area (TPSA) is 89.4 Å². The summed E-state index contributed by atoms with van der Waals surface area (Å²) in [6.45, 7) is 1.07. The maximum Gasteiger partial charge on any atom is 0.336 e. The van der Waals surface area contributed by atoms with Crippen LogP contribution in [0.15, 0.2) is 47.6 Å². The molecule has 0 spiro atoms. The fraction of sp³-hybridized carbons (Fsp3) is 0.294. The number of aromatic nitrogens is 2. The van der Waals surface area contributed by atoms with Crippen LogP contribution in [-0.2, 0) is 17.1 Å². The molecule has 0 atom stereocenters. The molecule has 134 valence electrons. The summed E-state index contributed by atoms with van der Waals surface area (Å²) in [6.07, 6.45) is 1.45. The zero-order chi connectivity index (χ0) is 18.1. The highest BCUT2D eigenvalue weighted by Crippen LogP contribution is 2.27. The van der Waals surface area contributed by atoms with E-state index in [0.717, 1.165) is 28.4 Å². The van der Waals surface area contributed by atoms with Crippen LogP contribution in [0.1, 0.15) is 24.3 Å². The summed E-state index contributed by atoms with van der Waals surface area (Å²) in [5.41, 5.74) is 0.967. The standard InChI is InChI=1S/C17H14BrN3O4S/c18-11-3-4-12-10(6-16(23)24-13(12)7-11)9-26-17-20-19-14(25-17)8-21-5-1-2-15(21)22/h3-4,6-7H,1-2,5,8-9H2. The lowest BCUT2D eigenvalue weighted by Gasteiger charge is -2.11. The fourth-order valence-corrected chi connectivity index (χ4v) is 3.97. The van der Waals surface area contributed by atoms with Crippen LogP contribution >= 0.6 is 27.7 Å². The molecule has 0 aliphatic carbocycles. The van der Waals surface area contributed by atoms with Gasteiger partial charge in [0.1, 0.15) is 5.58 Å². The Kier molecular flexibility index (Phi) is 4.82. The summed E-state index contributed by atoms with van der Waals surface area (Å²) >= 11 is 4.72. The van der Waals surface area contributed by atoms with E-state index in [1.165, 1.54) is 17.8 Å². The van der Waals surface area contributed by atoms with Crippen molar-refractivity contribution >= 4 is 44.6 Å². The average Bonchev–Trinajstić information content (AvgIpc) is 3.22. The third-order valence-electron chi connectivity index (χ3n) is 4.09. The van der Waals surface area contributed by atoms with Crippen molar-refractivity contribution in [3.63, 3.8) is 0 Å². The van der Waals surface area contributed by atoms with Gasteiger partial charge in [-0.15, -0.1) is 10.2 Å². The monoisotopic (exact) mass is 435 g/mol. The van der Waals surface area contributed by atoms with Gasteiger partial charge in [0, 0.05) is 34.6 Å². The van der Waals surface area contributed by atoms with Crippen LogP contribution in [0.25, 0.3) is 11.0 Å². The second-order valence-corrected chi connectivity index (χ2v) is 7.74. The zero-order valence-electron chi connectivity index (χ0n) is 13.6. The van der Waals surface area contributed by atoms with Crippen molar-refractivity contribution < 1.29 is 13.6 Å². The molecular weight excluding hydrogens is 422 g/mol. The molecule has 0 unspecified atom stereocenters. The van der Waals surface area contributed by atoms with Crippen molar-refractivity contribution in [3.8, 4) is 0 Å². The molecule has 0 saturated carbocycles. The first-order chi connectivity index (χ1) is 12.6. The molecule has 2 aromatic heterocycles.